The number of likely N-dealkylation sites (tertiary alicyclic amines) is 1. The molecule has 4 nitrogen and oxygen atoms in total. The van der Waals surface area contributed by atoms with Gasteiger partial charge >= 0.3 is 0 Å². The maximum Gasteiger partial charge on any atom is 0.159 e. The van der Waals surface area contributed by atoms with Gasteiger partial charge in [-0.15, -0.1) is 0 Å². The average molecular weight is 258 g/mol. The van der Waals surface area contributed by atoms with E-state index >= 15 is 0 Å². The second kappa shape index (κ2) is 5.29. The summed E-state index contributed by atoms with van der Waals surface area (Å²) in [6.45, 7) is 5.56. The summed E-state index contributed by atoms with van der Waals surface area (Å²) in [5, 5.41) is 0. The van der Waals surface area contributed by atoms with Crippen molar-refractivity contribution in [3.63, 3.8) is 0 Å². The van der Waals surface area contributed by atoms with Crippen LogP contribution >= 0.6 is 0 Å². The first-order valence-corrected chi connectivity index (χ1v) is 7.26. The Morgan fingerprint density at radius 3 is 2.84 bits per heavy atom. The van der Waals surface area contributed by atoms with Crippen LogP contribution in [0.2, 0.25) is 0 Å². The van der Waals surface area contributed by atoms with Crippen LogP contribution in [0.15, 0.2) is 18.3 Å². The molecule has 1 aliphatic rings. The molecular weight excluding hydrogens is 236 g/mol. The van der Waals surface area contributed by atoms with Crippen LogP contribution in [-0.2, 0) is 13.0 Å². The van der Waals surface area contributed by atoms with Gasteiger partial charge in [0.15, 0.2) is 5.65 Å². The topological polar surface area (TPSA) is 34.0 Å². The third kappa shape index (κ3) is 2.50. The maximum atomic E-state index is 4.78. The van der Waals surface area contributed by atoms with Gasteiger partial charge in [-0.3, -0.25) is 0 Å². The molecule has 0 bridgehead atoms. The van der Waals surface area contributed by atoms with Gasteiger partial charge in [0.25, 0.3) is 0 Å². The largest absolute Gasteiger partial charge is 0.313 e. The molecule has 0 amide bonds. The highest BCUT2D eigenvalue weighted by Gasteiger charge is 2.20. The van der Waals surface area contributed by atoms with E-state index < -0.39 is 0 Å². The van der Waals surface area contributed by atoms with Gasteiger partial charge in [-0.25, -0.2) is 9.97 Å². The Morgan fingerprint density at radius 2 is 2.11 bits per heavy atom. The molecule has 2 aromatic rings. The molecule has 0 saturated carbocycles. The van der Waals surface area contributed by atoms with Crippen molar-refractivity contribution < 1.29 is 0 Å². The maximum absolute atomic E-state index is 4.78. The number of hydrogen-bond acceptors (Lipinski definition) is 3. The number of aromatic nitrogens is 3. The smallest absolute Gasteiger partial charge is 0.159 e. The fraction of sp³-hybridized carbons (Fsp3) is 0.600. The van der Waals surface area contributed by atoms with Crippen LogP contribution in [0, 0.1) is 5.92 Å². The fourth-order valence-corrected chi connectivity index (χ4v) is 3.02. The van der Waals surface area contributed by atoms with Crippen molar-refractivity contribution in [2.45, 2.75) is 32.7 Å². The summed E-state index contributed by atoms with van der Waals surface area (Å²) in [5.74, 6) is 1.99. The van der Waals surface area contributed by atoms with E-state index in [9.17, 15) is 0 Å². The van der Waals surface area contributed by atoms with Gasteiger partial charge < -0.3 is 9.47 Å². The zero-order valence-electron chi connectivity index (χ0n) is 11.8. The number of rotatable bonds is 3. The summed E-state index contributed by atoms with van der Waals surface area (Å²) in [6.07, 6.45) is 5.53. The molecule has 19 heavy (non-hydrogen) atoms. The summed E-state index contributed by atoms with van der Waals surface area (Å²) >= 11 is 0. The van der Waals surface area contributed by atoms with E-state index in [1.807, 2.05) is 12.3 Å². The highest BCUT2D eigenvalue weighted by Crippen LogP contribution is 2.22. The van der Waals surface area contributed by atoms with E-state index in [2.05, 4.69) is 34.5 Å². The van der Waals surface area contributed by atoms with E-state index in [4.69, 9.17) is 4.98 Å². The molecular formula is C15H22N4. The Balaban J connectivity index is 1.84. The number of hydrogen-bond donors (Lipinski definition) is 0. The van der Waals surface area contributed by atoms with E-state index in [0.29, 0.717) is 0 Å². The average Bonchev–Trinajstić information content (AvgIpc) is 2.78. The zero-order chi connectivity index (χ0) is 13.2. The molecule has 0 N–H and O–H groups in total. The molecule has 3 heterocycles. The first kappa shape index (κ1) is 12.6. The van der Waals surface area contributed by atoms with Gasteiger partial charge in [-0.1, -0.05) is 0 Å². The monoisotopic (exact) mass is 258 g/mol. The van der Waals surface area contributed by atoms with Crippen molar-refractivity contribution in [2.24, 2.45) is 5.92 Å². The molecule has 2 aromatic heterocycles. The standard InChI is InChI=1S/C15H22N4/c1-3-19-14(11-12-6-9-18(2)10-7-12)17-13-5-4-8-16-15(13)19/h4-5,8,12H,3,6-7,9-11H2,1-2H3. The number of pyridine rings is 1. The Hall–Kier alpha value is -1.42. The Kier molecular flexibility index (Phi) is 3.51. The van der Waals surface area contributed by atoms with Crippen LogP contribution < -0.4 is 0 Å². The third-order valence-corrected chi connectivity index (χ3v) is 4.21. The Bertz CT molecular complexity index is 552. The molecule has 0 unspecified atom stereocenters. The lowest BCUT2D eigenvalue weighted by molar-refractivity contribution is 0.216. The first-order chi connectivity index (χ1) is 9.28. The highest BCUT2D eigenvalue weighted by molar-refractivity contribution is 5.71. The van der Waals surface area contributed by atoms with Crippen LogP contribution in [0.4, 0.5) is 0 Å². The van der Waals surface area contributed by atoms with Gasteiger partial charge in [0.1, 0.15) is 11.3 Å². The summed E-state index contributed by atoms with van der Waals surface area (Å²) in [4.78, 5) is 11.7. The summed E-state index contributed by atoms with van der Waals surface area (Å²) in [6, 6.07) is 4.03. The number of piperidine rings is 1. The first-order valence-electron chi connectivity index (χ1n) is 7.26. The molecule has 1 saturated heterocycles. The summed E-state index contributed by atoms with van der Waals surface area (Å²) < 4.78 is 2.27. The lowest BCUT2D eigenvalue weighted by atomic mass is 9.93. The van der Waals surface area contributed by atoms with E-state index in [1.165, 1.54) is 31.8 Å². The Morgan fingerprint density at radius 1 is 1.32 bits per heavy atom. The minimum Gasteiger partial charge on any atom is -0.313 e. The van der Waals surface area contributed by atoms with Crippen molar-refractivity contribution in [3.8, 4) is 0 Å². The van der Waals surface area contributed by atoms with Crippen LogP contribution in [0.25, 0.3) is 11.2 Å². The van der Waals surface area contributed by atoms with E-state index in [-0.39, 0.29) is 0 Å². The molecule has 3 rings (SSSR count). The molecule has 0 spiro atoms. The number of nitrogens with zero attached hydrogens (tertiary/aromatic N) is 4. The van der Waals surface area contributed by atoms with Gasteiger partial charge in [0.05, 0.1) is 0 Å². The normalized spacial score (nSPS) is 18.2. The zero-order valence-corrected chi connectivity index (χ0v) is 11.8. The van der Waals surface area contributed by atoms with Crippen molar-refractivity contribution in [3.05, 3.63) is 24.2 Å². The number of fused-ring (bicyclic) bond motifs is 1. The predicted octanol–water partition coefficient (Wildman–Crippen LogP) is 2.34. The van der Waals surface area contributed by atoms with Gasteiger partial charge in [0.2, 0.25) is 0 Å². The van der Waals surface area contributed by atoms with Crippen molar-refractivity contribution in [2.75, 3.05) is 20.1 Å². The van der Waals surface area contributed by atoms with E-state index in [0.717, 1.165) is 30.0 Å². The lowest BCUT2D eigenvalue weighted by Crippen LogP contribution is -2.31. The second-order valence-electron chi connectivity index (χ2n) is 5.57. The minimum absolute atomic E-state index is 0.776. The van der Waals surface area contributed by atoms with Gasteiger partial charge in [0, 0.05) is 19.2 Å². The van der Waals surface area contributed by atoms with E-state index in [1.54, 1.807) is 0 Å². The SMILES string of the molecule is CCn1c(CC2CCN(C)CC2)nc2cccnc21. The lowest BCUT2D eigenvalue weighted by Gasteiger charge is -2.28. The highest BCUT2D eigenvalue weighted by atomic mass is 15.1. The Labute approximate surface area is 114 Å². The molecule has 1 fully saturated rings. The third-order valence-electron chi connectivity index (χ3n) is 4.21. The van der Waals surface area contributed by atoms with Crippen LogP contribution in [0.5, 0.6) is 0 Å². The summed E-state index contributed by atoms with van der Waals surface area (Å²) in [7, 11) is 2.21. The minimum atomic E-state index is 0.776. The van der Waals surface area contributed by atoms with Gasteiger partial charge in [-0.2, -0.15) is 0 Å². The molecule has 0 aromatic carbocycles. The number of aryl methyl sites for hydroxylation is 1. The van der Waals surface area contributed by atoms with Crippen molar-refractivity contribution in [1.82, 2.24) is 19.4 Å². The van der Waals surface area contributed by atoms with Crippen molar-refractivity contribution in [1.29, 1.82) is 0 Å². The molecule has 4 heteroatoms. The second-order valence-corrected chi connectivity index (χ2v) is 5.57. The van der Waals surface area contributed by atoms with Crippen LogP contribution in [0.3, 0.4) is 0 Å². The van der Waals surface area contributed by atoms with Crippen LogP contribution in [-0.4, -0.2) is 39.6 Å². The molecule has 0 radical (unpaired) electrons. The summed E-state index contributed by atoms with van der Waals surface area (Å²) in [5.41, 5.74) is 2.07. The van der Waals surface area contributed by atoms with Crippen molar-refractivity contribution >= 4 is 11.2 Å². The molecule has 0 aliphatic carbocycles. The number of imidazole rings is 1. The van der Waals surface area contributed by atoms with Gasteiger partial charge in [-0.05, 0) is 58.0 Å². The van der Waals surface area contributed by atoms with Crippen LogP contribution in [0.1, 0.15) is 25.6 Å². The molecule has 0 atom stereocenters. The molecule has 102 valence electrons. The molecule has 1 aliphatic heterocycles. The fourth-order valence-electron chi connectivity index (χ4n) is 3.02. The predicted molar refractivity (Wildman–Crippen MR) is 77.1 cm³/mol. The quantitative estimate of drug-likeness (QED) is 0.847.